The fraction of sp³-hybridized carbons (Fsp3) is 0.375. The molecule has 7 heteroatoms. The Morgan fingerprint density at radius 3 is 2.52 bits per heavy atom. The number of nitrogens with zero attached hydrogens (tertiary/aromatic N) is 2. The maximum Gasteiger partial charge on any atom is 0.416 e. The lowest BCUT2D eigenvalue weighted by atomic mass is 9.97. The highest BCUT2D eigenvalue weighted by Gasteiger charge is 2.33. The summed E-state index contributed by atoms with van der Waals surface area (Å²) in [6.45, 7) is 9.09. The highest BCUT2D eigenvalue weighted by Crippen LogP contribution is 2.36. The molecule has 1 saturated heterocycles. The average molecular weight is 429 g/mol. The van der Waals surface area contributed by atoms with Crippen LogP contribution in [0, 0.1) is 13.8 Å². The first-order chi connectivity index (χ1) is 14.7. The highest BCUT2D eigenvalue weighted by molar-refractivity contribution is 5.94. The molecule has 164 valence electrons. The lowest BCUT2D eigenvalue weighted by Gasteiger charge is -2.30. The number of alkyl halides is 3. The number of halogens is 3. The Labute approximate surface area is 180 Å². The second kappa shape index (κ2) is 8.38. The van der Waals surface area contributed by atoms with Crippen molar-refractivity contribution >= 4 is 22.3 Å². The van der Waals surface area contributed by atoms with Crippen molar-refractivity contribution in [3.8, 4) is 0 Å². The van der Waals surface area contributed by atoms with Crippen LogP contribution in [0.2, 0.25) is 0 Å². The van der Waals surface area contributed by atoms with Crippen molar-refractivity contribution in [3.05, 3.63) is 64.8 Å². The van der Waals surface area contributed by atoms with E-state index in [0.717, 1.165) is 54.4 Å². The molecule has 4 rings (SSSR count). The zero-order valence-corrected chi connectivity index (χ0v) is 18.0. The number of pyridine rings is 1. The van der Waals surface area contributed by atoms with E-state index in [9.17, 15) is 13.2 Å². The van der Waals surface area contributed by atoms with Crippen LogP contribution in [-0.2, 0) is 6.18 Å². The average Bonchev–Trinajstić information content (AvgIpc) is 2.73. The lowest BCUT2D eigenvalue weighted by molar-refractivity contribution is -0.138. The number of piperazine rings is 1. The minimum Gasteiger partial charge on any atom is -0.369 e. The van der Waals surface area contributed by atoms with E-state index in [1.54, 1.807) is 6.07 Å². The molecule has 0 aliphatic carbocycles. The molecule has 2 aromatic carbocycles. The molecule has 0 spiro atoms. The van der Waals surface area contributed by atoms with Gasteiger partial charge in [-0.1, -0.05) is 18.2 Å². The molecular formula is C24H27F3N4. The number of aryl methyl sites for hydroxylation is 1. The van der Waals surface area contributed by atoms with Crippen molar-refractivity contribution in [2.45, 2.75) is 33.0 Å². The normalized spacial score (nSPS) is 15.9. The van der Waals surface area contributed by atoms with Gasteiger partial charge in [0.2, 0.25) is 0 Å². The molecule has 2 N–H and O–H groups in total. The minimum absolute atomic E-state index is 0.244. The van der Waals surface area contributed by atoms with Gasteiger partial charge in [-0.2, -0.15) is 13.2 Å². The summed E-state index contributed by atoms with van der Waals surface area (Å²) < 4.78 is 40.1. The van der Waals surface area contributed by atoms with Gasteiger partial charge in [0.25, 0.3) is 0 Å². The Balaban J connectivity index is 1.70. The zero-order valence-electron chi connectivity index (χ0n) is 18.0. The van der Waals surface area contributed by atoms with Crippen molar-refractivity contribution in [3.63, 3.8) is 0 Å². The zero-order chi connectivity index (χ0) is 22.2. The van der Waals surface area contributed by atoms with E-state index in [1.165, 1.54) is 13.0 Å². The number of nitrogens with one attached hydrogen (secondary N) is 2. The van der Waals surface area contributed by atoms with E-state index in [1.807, 2.05) is 19.9 Å². The molecule has 1 aliphatic heterocycles. The minimum atomic E-state index is -4.37. The summed E-state index contributed by atoms with van der Waals surface area (Å²) in [5.74, 6) is 0.691. The molecule has 0 amide bonds. The molecule has 3 aromatic rings. The molecule has 1 fully saturated rings. The number of anilines is 2. The van der Waals surface area contributed by atoms with Crippen molar-refractivity contribution in [2.75, 3.05) is 36.4 Å². The Morgan fingerprint density at radius 2 is 1.81 bits per heavy atom. The predicted octanol–water partition coefficient (Wildman–Crippen LogP) is 5.45. The van der Waals surface area contributed by atoms with Crippen LogP contribution < -0.4 is 15.5 Å². The Hall–Kier alpha value is -2.80. The van der Waals surface area contributed by atoms with Crippen LogP contribution in [0.25, 0.3) is 10.8 Å². The summed E-state index contributed by atoms with van der Waals surface area (Å²) in [6.07, 6.45) is -4.37. The van der Waals surface area contributed by atoms with Crippen LogP contribution in [0.4, 0.5) is 24.7 Å². The van der Waals surface area contributed by atoms with E-state index in [2.05, 4.69) is 38.7 Å². The third-order valence-electron chi connectivity index (χ3n) is 5.93. The number of aromatic nitrogens is 1. The number of fused-ring (bicyclic) bond motifs is 1. The van der Waals surface area contributed by atoms with Crippen LogP contribution in [0.1, 0.15) is 35.3 Å². The third kappa shape index (κ3) is 4.46. The lowest BCUT2D eigenvalue weighted by Crippen LogP contribution is -2.43. The van der Waals surface area contributed by atoms with Gasteiger partial charge >= 0.3 is 6.18 Å². The summed E-state index contributed by atoms with van der Waals surface area (Å²) in [5, 5.41) is 8.77. The Morgan fingerprint density at radius 1 is 1.06 bits per heavy atom. The maximum atomic E-state index is 13.4. The van der Waals surface area contributed by atoms with Crippen molar-refractivity contribution < 1.29 is 13.2 Å². The quantitative estimate of drug-likeness (QED) is 0.580. The van der Waals surface area contributed by atoms with Gasteiger partial charge in [-0.3, -0.25) is 0 Å². The third-order valence-corrected chi connectivity index (χ3v) is 5.93. The van der Waals surface area contributed by atoms with Gasteiger partial charge in [-0.25, -0.2) is 4.98 Å². The molecule has 4 nitrogen and oxygen atoms in total. The van der Waals surface area contributed by atoms with Crippen LogP contribution in [-0.4, -0.2) is 31.2 Å². The van der Waals surface area contributed by atoms with Crippen LogP contribution >= 0.6 is 0 Å². The summed E-state index contributed by atoms with van der Waals surface area (Å²) >= 11 is 0. The first-order valence-electron chi connectivity index (χ1n) is 10.5. The molecule has 1 aliphatic rings. The van der Waals surface area contributed by atoms with Gasteiger partial charge in [0, 0.05) is 42.9 Å². The molecule has 1 atom stereocenters. The van der Waals surface area contributed by atoms with Crippen LogP contribution in [0.5, 0.6) is 0 Å². The van der Waals surface area contributed by atoms with E-state index in [0.29, 0.717) is 11.4 Å². The fourth-order valence-electron chi connectivity index (χ4n) is 4.31. The molecule has 1 aromatic heterocycles. The van der Waals surface area contributed by atoms with E-state index in [-0.39, 0.29) is 11.6 Å². The highest BCUT2D eigenvalue weighted by atomic mass is 19.4. The molecular weight excluding hydrogens is 401 g/mol. The van der Waals surface area contributed by atoms with Gasteiger partial charge in [-0.15, -0.1) is 0 Å². The molecule has 31 heavy (non-hydrogen) atoms. The van der Waals surface area contributed by atoms with Gasteiger partial charge in [0.05, 0.1) is 11.6 Å². The van der Waals surface area contributed by atoms with Gasteiger partial charge < -0.3 is 15.5 Å². The second-order valence-corrected chi connectivity index (χ2v) is 8.14. The molecule has 0 radical (unpaired) electrons. The molecule has 2 heterocycles. The number of hydrogen-bond acceptors (Lipinski definition) is 4. The number of benzene rings is 2. The summed E-state index contributed by atoms with van der Waals surface area (Å²) in [7, 11) is 0. The monoisotopic (exact) mass is 428 g/mol. The van der Waals surface area contributed by atoms with Crippen LogP contribution in [0.3, 0.4) is 0 Å². The maximum absolute atomic E-state index is 13.4. The van der Waals surface area contributed by atoms with E-state index in [4.69, 9.17) is 0 Å². The van der Waals surface area contributed by atoms with Crippen molar-refractivity contribution in [1.82, 2.24) is 10.3 Å². The first-order valence-corrected chi connectivity index (χ1v) is 10.5. The topological polar surface area (TPSA) is 40.2 Å². The second-order valence-electron chi connectivity index (χ2n) is 8.14. The molecule has 0 bridgehead atoms. The summed E-state index contributed by atoms with van der Waals surface area (Å²) in [6, 6.07) is 12.4. The largest absolute Gasteiger partial charge is 0.416 e. The standard InChI is InChI=1S/C24H27F3N4/c1-15-13-18-7-8-19(31-11-9-28-10-12-31)14-21(18)23(29-15)30-17(3)20-5-4-6-22(16(20)2)24(25,26)27/h4-8,13-14,17,28H,9-12H2,1-3H3,(H,29,30)/t17-/m1/s1. The number of hydrogen-bond donors (Lipinski definition) is 2. The van der Waals surface area contributed by atoms with Crippen molar-refractivity contribution in [1.29, 1.82) is 0 Å². The number of rotatable bonds is 4. The van der Waals surface area contributed by atoms with Gasteiger partial charge in [0.15, 0.2) is 0 Å². The van der Waals surface area contributed by atoms with Crippen molar-refractivity contribution in [2.24, 2.45) is 0 Å². The van der Waals surface area contributed by atoms with Gasteiger partial charge in [-0.05, 0) is 61.5 Å². The smallest absolute Gasteiger partial charge is 0.369 e. The van der Waals surface area contributed by atoms with E-state index >= 15 is 0 Å². The predicted molar refractivity (Wildman–Crippen MR) is 120 cm³/mol. The van der Waals surface area contributed by atoms with Crippen LogP contribution in [0.15, 0.2) is 42.5 Å². The van der Waals surface area contributed by atoms with Gasteiger partial charge in [0.1, 0.15) is 5.82 Å². The SMILES string of the molecule is Cc1cc2ccc(N3CCNCC3)cc2c(N[C@H](C)c2cccc(C(F)(F)F)c2C)n1. The summed E-state index contributed by atoms with van der Waals surface area (Å²) in [5.41, 5.74) is 2.25. The fourth-order valence-corrected chi connectivity index (χ4v) is 4.31. The Kier molecular flexibility index (Phi) is 5.79. The first kappa shape index (κ1) is 21.4. The summed E-state index contributed by atoms with van der Waals surface area (Å²) in [4.78, 5) is 7.02. The Bertz CT molecular complexity index is 1090. The van der Waals surface area contributed by atoms with E-state index < -0.39 is 11.7 Å². The molecule has 0 saturated carbocycles. The molecule has 0 unspecified atom stereocenters.